The van der Waals surface area contributed by atoms with E-state index in [1.807, 2.05) is 32.9 Å². The molecular weight excluding hydrogens is 192 g/mol. The summed E-state index contributed by atoms with van der Waals surface area (Å²) in [5, 5.41) is 0. The molecule has 0 saturated carbocycles. The number of aryl methyl sites for hydroxylation is 1. The minimum Gasteiger partial charge on any atom is -0.469 e. The number of allylic oxidation sites excluding steroid dienone is 1. The minimum atomic E-state index is -0.281. The van der Waals surface area contributed by atoms with E-state index >= 15 is 0 Å². The van der Waals surface area contributed by atoms with Gasteiger partial charge in [-0.2, -0.15) is 0 Å². The van der Waals surface area contributed by atoms with E-state index in [1.165, 1.54) is 7.11 Å². The summed E-state index contributed by atoms with van der Waals surface area (Å²) in [7, 11) is 1.37. The van der Waals surface area contributed by atoms with Gasteiger partial charge in [-0.25, -0.2) is 0 Å². The van der Waals surface area contributed by atoms with Crippen LogP contribution in [0, 0.1) is 6.92 Å². The summed E-state index contributed by atoms with van der Waals surface area (Å²) in [6.07, 6.45) is 2.13. The van der Waals surface area contributed by atoms with Crippen LogP contribution in [-0.4, -0.2) is 13.1 Å². The first-order valence-corrected chi connectivity index (χ1v) is 4.84. The predicted molar refractivity (Wildman–Crippen MR) is 58.5 cm³/mol. The fraction of sp³-hybridized carbons (Fsp3) is 0.417. The Hall–Kier alpha value is -1.51. The Labute approximate surface area is 89.7 Å². The molecule has 0 N–H and O–H groups in total. The molecule has 0 bridgehead atoms. The van der Waals surface area contributed by atoms with E-state index in [9.17, 15) is 4.79 Å². The van der Waals surface area contributed by atoms with E-state index in [1.54, 1.807) is 0 Å². The number of ether oxygens (including phenoxy) is 1. The van der Waals surface area contributed by atoms with Crippen LogP contribution >= 0.6 is 0 Å². The molecular formula is C12H16O3. The highest BCUT2D eigenvalue weighted by Crippen LogP contribution is 2.18. The zero-order valence-electron chi connectivity index (χ0n) is 9.59. The van der Waals surface area contributed by atoms with Gasteiger partial charge in [0.15, 0.2) is 0 Å². The number of furan rings is 1. The first-order valence-electron chi connectivity index (χ1n) is 4.84. The van der Waals surface area contributed by atoms with Crippen LogP contribution in [0.5, 0.6) is 0 Å². The van der Waals surface area contributed by atoms with Gasteiger partial charge in [-0.3, -0.25) is 4.79 Å². The maximum atomic E-state index is 11.1. The summed E-state index contributed by atoms with van der Waals surface area (Å²) < 4.78 is 10.1. The number of rotatable bonds is 3. The molecule has 0 radical (unpaired) electrons. The second-order valence-corrected chi connectivity index (χ2v) is 3.73. The molecule has 15 heavy (non-hydrogen) atoms. The number of carbonyl (C=O) groups is 1. The van der Waals surface area contributed by atoms with Crippen molar-refractivity contribution in [2.75, 3.05) is 7.11 Å². The molecule has 0 aromatic carbocycles. The summed E-state index contributed by atoms with van der Waals surface area (Å²) in [6, 6.07) is 1.92. The van der Waals surface area contributed by atoms with Crippen molar-refractivity contribution in [3.63, 3.8) is 0 Å². The van der Waals surface area contributed by atoms with Crippen molar-refractivity contribution in [3.8, 4) is 0 Å². The number of methoxy groups -OCH3 is 1. The molecule has 0 atom stereocenters. The molecule has 0 fully saturated rings. The largest absolute Gasteiger partial charge is 0.469 e. The molecule has 0 aliphatic carbocycles. The van der Waals surface area contributed by atoms with Crippen molar-refractivity contribution in [3.05, 3.63) is 28.7 Å². The van der Waals surface area contributed by atoms with E-state index in [0.29, 0.717) is 5.76 Å². The number of hydrogen-bond acceptors (Lipinski definition) is 3. The molecule has 3 heteroatoms. The Morgan fingerprint density at radius 2 is 2.20 bits per heavy atom. The Bertz CT molecular complexity index is 382. The molecule has 1 aromatic heterocycles. The number of carbonyl (C=O) groups excluding carboxylic acids is 1. The van der Waals surface area contributed by atoms with Crippen LogP contribution in [0.3, 0.4) is 0 Å². The Morgan fingerprint density at radius 1 is 1.53 bits per heavy atom. The minimum absolute atomic E-state index is 0.193. The van der Waals surface area contributed by atoms with Crippen LogP contribution in [0.15, 0.2) is 16.1 Å². The molecule has 0 spiro atoms. The second kappa shape index (κ2) is 4.82. The maximum absolute atomic E-state index is 11.1. The monoisotopic (exact) mass is 208 g/mol. The molecule has 1 aromatic rings. The molecule has 1 rings (SSSR count). The highest BCUT2D eigenvalue weighted by Gasteiger charge is 2.11. The fourth-order valence-electron chi connectivity index (χ4n) is 1.28. The van der Waals surface area contributed by atoms with Crippen molar-refractivity contribution in [2.45, 2.75) is 27.2 Å². The molecule has 0 amide bonds. The first-order chi connectivity index (χ1) is 7.02. The summed E-state index contributed by atoms with van der Waals surface area (Å²) >= 11 is 0. The van der Waals surface area contributed by atoms with Crippen LogP contribution in [0.2, 0.25) is 0 Å². The van der Waals surface area contributed by atoms with Crippen molar-refractivity contribution in [1.29, 1.82) is 0 Å². The zero-order chi connectivity index (χ0) is 11.4. The Kier molecular flexibility index (Phi) is 3.72. The smallest absolute Gasteiger partial charge is 0.313 e. The molecule has 0 unspecified atom stereocenters. The van der Waals surface area contributed by atoms with Gasteiger partial charge in [0.1, 0.15) is 17.9 Å². The first kappa shape index (κ1) is 11.6. The van der Waals surface area contributed by atoms with Crippen LogP contribution in [-0.2, 0) is 16.0 Å². The summed E-state index contributed by atoms with van der Waals surface area (Å²) in [4.78, 5) is 11.1. The van der Waals surface area contributed by atoms with Crippen LogP contribution in [0.4, 0.5) is 0 Å². The Balaban J connectivity index is 2.87. The highest BCUT2D eigenvalue weighted by molar-refractivity contribution is 5.72. The van der Waals surface area contributed by atoms with Gasteiger partial charge in [0, 0.05) is 0 Å². The SMILES string of the molecule is COC(=O)Cc1oc(C=C(C)C)cc1C. The van der Waals surface area contributed by atoms with Gasteiger partial charge < -0.3 is 9.15 Å². The lowest BCUT2D eigenvalue weighted by molar-refractivity contribution is -0.140. The molecule has 3 nitrogen and oxygen atoms in total. The van der Waals surface area contributed by atoms with E-state index in [-0.39, 0.29) is 12.4 Å². The van der Waals surface area contributed by atoms with Crippen LogP contribution < -0.4 is 0 Å². The van der Waals surface area contributed by atoms with Gasteiger partial charge >= 0.3 is 5.97 Å². The third-order valence-electron chi connectivity index (χ3n) is 2.00. The average Bonchev–Trinajstić information content (AvgIpc) is 2.45. The molecule has 0 aliphatic rings. The van der Waals surface area contributed by atoms with E-state index in [0.717, 1.165) is 16.9 Å². The van der Waals surface area contributed by atoms with E-state index in [4.69, 9.17) is 4.42 Å². The standard InChI is InChI=1S/C12H16O3/c1-8(2)5-10-6-9(3)11(15-10)7-12(13)14-4/h5-6H,7H2,1-4H3. The lowest BCUT2D eigenvalue weighted by atomic mass is 10.2. The zero-order valence-corrected chi connectivity index (χ0v) is 9.59. The van der Waals surface area contributed by atoms with E-state index < -0.39 is 0 Å². The van der Waals surface area contributed by atoms with Gasteiger partial charge in [0.05, 0.1) is 7.11 Å². The lowest BCUT2D eigenvalue weighted by Crippen LogP contribution is -2.04. The normalized spacial score (nSPS) is 9.87. The molecule has 0 saturated heterocycles. The van der Waals surface area contributed by atoms with Gasteiger partial charge in [-0.05, 0) is 38.5 Å². The summed E-state index contributed by atoms with van der Waals surface area (Å²) in [6.45, 7) is 5.92. The van der Waals surface area contributed by atoms with Crippen LogP contribution in [0.25, 0.3) is 6.08 Å². The predicted octanol–water partition coefficient (Wildman–Crippen LogP) is 2.73. The van der Waals surface area contributed by atoms with Crippen LogP contribution in [0.1, 0.15) is 30.9 Å². The highest BCUT2D eigenvalue weighted by atomic mass is 16.5. The average molecular weight is 208 g/mol. The fourth-order valence-corrected chi connectivity index (χ4v) is 1.28. The molecule has 82 valence electrons. The molecule has 0 aliphatic heterocycles. The lowest BCUT2D eigenvalue weighted by Gasteiger charge is -1.96. The third-order valence-corrected chi connectivity index (χ3v) is 2.00. The van der Waals surface area contributed by atoms with Gasteiger partial charge in [-0.15, -0.1) is 0 Å². The van der Waals surface area contributed by atoms with Gasteiger partial charge in [-0.1, -0.05) is 5.57 Å². The maximum Gasteiger partial charge on any atom is 0.313 e. The Morgan fingerprint density at radius 3 is 2.73 bits per heavy atom. The number of hydrogen-bond donors (Lipinski definition) is 0. The van der Waals surface area contributed by atoms with Crippen molar-refractivity contribution < 1.29 is 13.9 Å². The van der Waals surface area contributed by atoms with Crippen molar-refractivity contribution in [1.82, 2.24) is 0 Å². The summed E-state index contributed by atoms with van der Waals surface area (Å²) in [5.41, 5.74) is 2.14. The van der Waals surface area contributed by atoms with Crippen molar-refractivity contribution >= 4 is 12.0 Å². The third kappa shape index (κ3) is 3.27. The quantitative estimate of drug-likeness (QED) is 0.717. The number of esters is 1. The van der Waals surface area contributed by atoms with Crippen molar-refractivity contribution in [2.24, 2.45) is 0 Å². The topological polar surface area (TPSA) is 39.4 Å². The second-order valence-electron chi connectivity index (χ2n) is 3.73. The summed E-state index contributed by atoms with van der Waals surface area (Å²) in [5.74, 6) is 1.18. The molecule has 1 heterocycles. The van der Waals surface area contributed by atoms with Gasteiger partial charge in [0.25, 0.3) is 0 Å². The van der Waals surface area contributed by atoms with Gasteiger partial charge in [0.2, 0.25) is 0 Å². The van der Waals surface area contributed by atoms with E-state index in [2.05, 4.69) is 4.74 Å².